The second-order valence-corrected chi connectivity index (χ2v) is 12.1. The van der Waals surface area contributed by atoms with Crippen molar-refractivity contribution >= 4 is 39.9 Å². The molecule has 1 aromatic heterocycles. The van der Waals surface area contributed by atoms with Crippen LogP contribution in [0, 0.1) is 5.41 Å². The molecule has 3 rings (SSSR count). The molecule has 0 atom stereocenters. The van der Waals surface area contributed by atoms with Crippen molar-refractivity contribution in [3.8, 4) is 5.75 Å². The number of ether oxygens (including phenoxy) is 2. The highest BCUT2D eigenvalue weighted by Gasteiger charge is 2.37. The van der Waals surface area contributed by atoms with E-state index in [0.717, 1.165) is 41.4 Å². The fraction of sp³-hybridized carbons (Fsp3) is 0.500. The Balaban J connectivity index is 1.65. The average molecular weight is 576 g/mol. The summed E-state index contributed by atoms with van der Waals surface area (Å²) < 4.78 is 11.1. The first-order valence-corrected chi connectivity index (χ1v) is 14.8. The van der Waals surface area contributed by atoms with Gasteiger partial charge in [-0.2, -0.15) is 0 Å². The van der Waals surface area contributed by atoms with Crippen molar-refractivity contribution < 1.29 is 23.9 Å². The van der Waals surface area contributed by atoms with E-state index < -0.39 is 10.8 Å². The Kier molecular flexibility index (Phi) is 11.6. The summed E-state index contributed by atoms with van der Waals surface area (Å²) in [6, 6.07) is 13.8. The monoisotopic (exact) mass is 575 g/mol. The zero-order valence-electron chi connectivity index (χ0n) is 25.9. The van der Waals surface area contributed by atoms with Crippen molar-refractivity contribution in [3.05, 3.63) is 54.4 Å². The van der Waals surface area contributed by atoms with Crippen LogP contribution < -0.4 is 10.1 Å². The average Bonchev–Trinajstić information content (AvgIpc) is 2.96. The number of fused-ring (bicyclic) bond motifs is 1. The molecule has 0 aliphatic carbocycles. The number of unbranched alkanes of at least 4 members (excludes halogenated alkanes) is 3. The second-order valence-electron chi connectivity index (χ2n) is 12.1. The van der Waals surface area contributed by atoms with E-state index in [4.69, 9.17) is 9.47 Å². The third kappa shape index (κ3) is 9.10. The molecule has 8 heteroatoms. The van der Waals surface area contributed by atoms with E-state index in [1.807, 2.05) is 63.2 Å². The summed E-state index contributed by atoms with van der Waals surface area (Å²) in [5, 5.41) is 4.23. The number of benzene rings is 2. The minimum absolute atomic E-state index is 0.128. The molecule has 1 heterocycles. The van der Waals surface area contributed by atoms with Gasteiger partial charge >= 0.3 is 5.97 Å². The Labute approximate surface area is 249 Å². The lowest BCUT2D eigenvalue weighted by Crippen LogP contribution is -2.35. The maximum absolute atomic E-state index is 13.2. The number of carbonyl (C=O) groups is 3. The van der Waals surface area contributed by atoms with Crippen LogP contribution in [0.1, 0.15) is 91.5 Å². The zero-order chi connectivity index (χ0) is 30.8. The van der Waals surface area contributed by atoms with E-state index in [1.165, 1.54) is 6.33 Å². The van der Waals surface area contributed by atoms with Crippen LogP contribution >= 0.6 is 0 Å². The lowest BCUT2D eigenvalue weighted by atomic mass is 9.69. The van der Waals surface area contributed by atoms with E-state index in [0.29, 0.717) is 37.3 Å². The van der Waals surface area contributed by atoms with E-state index in [1.54, 1.807) is 7.11 Å². The molecule has 0 aliphatic rings. The van der Waals surface area contributed by atoms with Crippen molar-refractivity contribution in [2.45, 2.75) is 91.4 Å². The van der Waals surface area contributed by atoms with E-state index in [-0.39, 0.29) is 30.6 Å². The lowest BCUT2D eigenvalue weighted by molar-refractivity contribution is -0.150. The predicted octanol–water partition coefficient (Wildman–Crippen LogP) is 7.51. The number of methoxy groups -OCH3 is 1. The number of nitrogens with zero attached hydrogens (tertiary/aromatic N) is 2. The molecule has 0 radical (unpaired) electrons. The molecule has 2 aromatic carbocycles. The molecule has 0 fully saturated rings. The van der Waals surface area contributed by atoms with Crippen LogP contribution in [0.4, 0.5) is 11.5 Å². The zero-order valence-corrected chi connectivity index (χ0v) is 25.9. The molecule has 3 aromatic rings. The summed E-state index contributed by atoms with van der Waals surface area (Å²) in [6.07, 6.45) is 6.80. The smallest absolute Gasteiger partial charge is 0.306 e. The summed E-state index contributed by atoms with van der Waals surface area (Å²) in [7, 11) is 1.63. The van der Waals surface area contributed by atoms with Crippen LogP contribution in [-0.2, 0) is 24.5 Å². The number of para-hydroxylation sites is 1. The summed E-state index contributed by atoms with van der Waals surface area (Å²) >= 11 is 0. The number of ketones is 2. The van der Waals surface area contributed by atoms with E-state index in [9.17, 15) is 14.4 Å². The third-order valence-corrected chi connectivity index (χ3v) is 7.71. The van der Waals surface area contributed by atoms with Gasteiger partial charge in [0.05, 0.1) is 12.6 Å². The highest BCUT2D eigenvalue weighted by molar-refractivity contribution is 5.92. The van der Waals surface area contributed by atoms with Crippen molar-refractivity contribution in [1.82, 2.24) is 9.97 Å². The van der Waals surface area contributed by atoms with Gasteiger partial charge in [0.15, 0.2) is 12.4 Å². The largest absolute Gasteiger partial charge is 0.496 e. The van der Waals surface area contributed by atoms with Crippen LogP contribution in [0.2, 0.25) is 0 Å². The van der Waals surface area contributed by atoms with E-state index >= 15 is 0 Å². The molecule has 0 saturated carbocycles. The summed E-state index contributed by atoms with van der Waals surface area (Å²) in [4.78, 5) is 45.9. The van der Waals surface area contributed by atoms with Crippen molar-refractivity contribution in [1.29, 1.82) is 0 Å². The fourth-order valence-corrected chi connectivity index (χ4v) is 5.37. The molecule has 1 N–H and O–H groups in total. The summed E-state index contributed by atoms with van der Waals surface area (Å²) in [5.41, 5.74) is 1.37. The molecule has 42 heavy (non-hydrogen) atoms. The minimum Gasteiger partial charge on any atom is -0.496 e. The third-order valence-electron chi connectivity index (χ3n) is 7.71. The Bertz CT molecular complexity index is 1370. The highest BCUT2D eigenvalue weighted by atomic mass is 16.5. The van der Waals surface area contributed by atoms with Gasteiger partial charge < -0.3 is 14.8 Å². The fourth-order valence-electron chi connectivity index (χ4n) is 5.37. The molecule has 0 bridgehead atoms. The van der Waals surface area contributed by atoms with Gasteiger partial charge in [-0.1, -0.05) is 65.7 Å². The molecule has 0 aliphatic heterocycles. The van der Waals surface area contributed by atoms with Gasteiger partial charge in [-0.25, -0.2) is 9.97 Å². The van der Waals surface area contributed by atoms with Gasteiger partial charge in [-0.15, -0.1) is 0 Å². The molecular weight excluding hydrogens is 530 g/mol. The molecule has 0 unspecified atom stereocenters. The Morgan fingerprint density at radius 3 is 2.26 bits per heavy atom. The van der Waals surface area contributed by atoms with Crippen molar-refractivity contribution in [2.75, 3.05) is 19.0 Å². The van der Waals surface area contributed by atoms with Gasteiger partial charge in [0.2, 0.25) is 0 Å². The number of carbonyl (C=O) groups excluding carboxylic acids is 3. The minimum atomic E-state index is -0.756. The van der Waals surface area contributed by atoms with Crippen LogP contribution in [0.3, 0.4) is 0 Å². The Hall–Kier alpha value is -3.81. The molecule has 0 saturated heterocycles. The number of rotatable bonds is 17. The first-order valence-electron chi connectivity index (χ1n) is 14.8. The topological polar surface area (TPSA) is 107 Å². The maximum Gasteiger partial charge on any atom is 0.306 e. The number of esters is 1. The van der Waals surface area contributed by atoms with Gasteiger partial charge in [-0.3, -0.25) is 14.4 Å². The van der Waals surface area contributed by atoms with Crippen LogP contribution in [-0.4, -0.2) is 41.2 Å². The maximum atomic E-state index is 13.2. The standard InChI is InChI=1S/C34H45N3O5/c1-7-25(38)17-13-8-9-14-18-31(40)42-21-30(39)34(4,5)22-33(2,3)27-19-26-28(20-29(27)41-6)35-23-36-32(26)37-24-15-11-10-12-16-24/h10-12,15-16,19-20,23H,7-9,13-14,17-18,21-22H2,1-6H3,(H,35,36,37). The Morgan fingerprint density at radius 1 is 0.905 bits per heavy atom. The van der Waals surface area contributed by atoms with Gasteiger partial charge in [0.1, 0.15) is 23.7 Å². The van der Waals surface area contributed by atoms with Crippen LogP contribution in [0.25, 0.3) is 10.9 Å². The number of aromatic nitrogens is 2. The molecule has 226 valence electrons. The first kappa shape index (κ1) is 32.7. The molecule has 8 nitrogen and oxygen atoms in total. The molecule has 0 spiro atoms. The number of hydrogen-bond donors (Lipinski definition) is 1. The quantitative estimate of drug-likeness (QED) is 0.130. The number of Topliss-reactive ketones (excluding diaryl/α,β-unsaturated/α-hetero) is 2. The van der Waals surface area contributed by atoms with Crippen LogP contribution in [0.5, 0.6) is 5.75 Å². The number of nitrogens with one attached hydrogen (secondary N) is 1. The number of hydrogen-bond acceptors (Lipinski definition) is 8. The Morgan fingerprint density at radius 2 is 1.60 bits per heavy atom. The van der Waals surface area contributed by atoms with Crippen molar-refractivity contribution in [2.24, 2.45) is 5.41 Å². The van der Waals surface area contributed by atoms with Gasteiger partial charge in [0, 0.05) is 47.4 Å². The van der Waals surface area contributed by atoms with Crippen LogP contribution in [0.15, 0.2) is 48.8 Å². The summed E-state index contributed by atoms with van der Waals surface area (Å²) in [6.45, 7) is 9.57. The molecular formula is C34H45N3O5. The number of anilines is 2. The predicted molar refractivity (Wildman–Crippen MR) is 166 cm³/mol. The first-order chi connectivity index (χ1) is 20.0. The van der Waals surface area contributed by atoms with E-state index in [2.05, 4.69) is 29.1 Å². The highest BCUT2D eigenvalue weighted by Crippen LogP contribution is 2.43. The molecule has 0 amide bonds. The SMILES string of the molecule is CCC(=O)CCCCCCC(=O)OCC(=O)C(C)(C)CC(C)(C)c1cc2c(Nc3ccccc3)ncnc2cc1OC. The van der Waals surface area contributed by atoms with Gasteiger partial charge in [0.25, 0.3) is 0 Å². The normalized spacial score (nSPS) is 11.8. The lowest BCUT2D eigenvalue weighted by Gasteiger charge is -2.35. The second kappa shape index (κ2) is 14.9. The van der Waals surface area contributed by atoms with Gasteiger partial charge in [-0.05, 0) is 42.9 Å². The summed E-state index contributed by atoms with van der Waals surface area (Å²) in [5.74, 6) is 1.15. The van der Waals surface area contributed by atoms with Crippen molar-refractivity contribution in [3.63, 3.8) is 0 Å².